The van der Waals surface area contributed by atoms with Crippen LogP contribution in [0.2, 0.25) is 0 Å². The highest BCUT2D eigenvalue weighted by Gasteiger charge is 2.11. The van der Waals surface area contributed by atoms with Crippen LogP contribution in [-0.4, -0.2) is 22.5 Å². The van der Waals surface area contributed by atoms with Gasteiger partial charge in [0.25, 0.3) is 5.69 Å². The number of nitro groups is 1. The molecule has 1 rings (SSSR count). The van der Waals surface area contributed by atoms with E-state index < -0.39 is 10.9 Å². The SMILES string of the molecule is CC(CCC(=O)O)CNc1ccc([N+](=O)[O-])cc1C#N. The molecule has 0 aliphatic heterocycles. The molecule has 0 aliphatic rings. The fraction of sp³-hybridized carbons (Fsp3) is 0.385. The number of anilines is 1. The number of nitriles is 1. The summed E-state index contributed by atoms with van der Waals surface area (Å²) in [6, 6.07) is 5.93. The number of carbonyl (C=O) groups is 1. The molecular weight excluding hydrogens is 262 g/mol. The zero-order valence-corrected chi connectivity index (χ0v) is 11.0. The molecule has 1 unspecified atom stereocenters. The lowest BCUT2D eigenvalue weighted by atomic mass is 10.1. The zero-order chi connectivity index (χ0) is 15.1. The van der Waals surface area contributed by atoms with Crippen LogP contribution in [0.25, 0.3) is 0 Å². The quantitative estimate of drug-likeness (QED) is 0.583. The molecule has 0 radical (unpaired) electrons. The Bertz CT molecular complexity index is 551. The number of nitro benzene ring substituents is 1. The first kappa shape index (κ1) is 15.4. The Morgan fingerprint density at radius 2 is 2.30 bits per heavy atom. The molecule has 0 spiro atoms. The molecule has 0 heterocycles. The summed E-state index contributed by atoms with van der Waals surface area (Å²) in [5.74, 6) is -0.724. The Balaban J connectivity index is 2.66. The van der Waals surface area contributed by atoms with Gasteiger partial charge in [0.15, 0.2) is 0 Å². The summed E-state index contributed by atoms with van der Waals surface area (Å²) in [6.07, 6.45) is 0.616. The summed E-state index contributed by atoms with van der Waals surface area (Å²) in [6.45, 7) is 2.40. The van der Waals surface area contributed by atoms with E-state index in [2.05, 4.69) is 5.32 Å². The van der Waals surface area contributed by atoms with Gasteiger partial charge in [0.2, 0.25) is 0 Å². The van der Waals surface area contributed by atoms with Gasteiger partial charge in [-0.1, -0.05) is 6.92 Å². The van der Waals surface area contributed by atoms with Gasteiger partial charge in [-0.05, 0) is 18.4 Å². The van der Waals surface area contributed by atoms with Crippen LogP contribution in [0.1, 0.15) is 25.3 Å². The van der Waals surface area contributed by atoms with E-state index in [4.69, 9.17) is 10.4 Å². The van der Waals surface area contributed by atoms with Gasteiger partial charge in [-0.3, -0.25) is 14.9 Å². The summed E-state index contributed by atoms with van der Waals surface area (Å²) in [5.41, 5.74) is 0.580. The molecule has 0 aromatic heterocycles. The van der Waals surface area contributed by atoms with E-state index in [0.29, 0.717) is 18.7 Å². The zero-order valence-electron chi connectivity index (χ0n) is 11.0. The van der Waals surface area contributed by atoms with Crippen molar-refractivity contribution in [3.63, 3.8) is 0 Å². The molecule has 1 aromatic rings. The molecule has 106 valence electrons. The van der Waals surface area contributed by atoms with Crippen molar-refractivity contribution in [3.05, 3.63) is 33.9 Å². The van der Waals surface area contributed by atoms with Crippen LogP contribution in [0.4, 0.5) is 11.4 Å². The number of rotatable bonds is 7. The second kappa shape index (κ2) is 7.09. The van der Waals surface area contributed by atoms with Crippen LogP contribution in [0, 0.1) is 27.4 Å². The lowest BCUT2D eigenvalue weighted by Crippen LogP contribution is -2.13. The van der Waals surface area contributed by atoms with Crippen molar-refractivity contribution in [1.29, 1.82) is 5.26 Å². The fourth-order valence-electron chi connectivity index (χ4n) is 1.65. The van der Waals surface area contributed by atoms with Crippen LogP contribution in [0.5, 0.6) is 0 Å². The van der Waals surface area contributed by atoms with Crippen molar-refractivity contribution in [1.82, 2.24) is 0 Å². The van der Waals surface area contributed by atoms with Crippen molar-refractivity contribution in [2.24, 2.45) is 5.92 Å². The number of benzene rings is 1. The van der Waals surface area contributed by atoms with E-state index in [1.54, 1.807) is 0 Å². The lowest BCUT2D eigenvalue weighted by Gasteiger charge is -2.13. The average molecular weight is 277 g/mol. The van der Waals surface area contributed by atoms with Crippen molar-refractivity contribution in [2.45, 2.75) is 19.8 Å². The topological polar surface area (TPSA) is 116 Å². The van der Waals surface area contributed by atoms with Gasteiger partial charge in [-0.2, -0.15) is 5.26 Å². The Kier molecular flexibility index (Phi) is 5.47. The number of hydrogen-bond donors (Lipinski definition) is 2. The number of non-ortho nitro benzene ring substituents is 1. The highest BCUT2D eigenvalue weighted by atomic mass is 16.6. The van der Waals surface area contributed by atoms with E-state index >= 15 is 0 Å². The Morgan fingerprint density at radius 3 is 2.85 bits per heavy atom. The minimum absolute atomic E-state index is 0.0915. The molecule has 1 aromatic carbocycles. The van der Waals surface area contributed by atoms with E-state index in [1.807, 2.05) is 13.0 Å². The summed E-state index contributed by atoms with van der Waals surface area (Å²) < 4.78 is 0. The second-order valence-corrected chi connectivity index (χ2v) is 4.52. The van der Waals surface area contributed by atoms with Crippen molar-refractivity contribution >= 4 is 17.3 Å². The van der Waals surface area contributed by atoms with Crippen LogP contribution >= 0.6 is 0 Å². The van der Waals surface area contributed by atoms with Gasteiger partial charge in [-0.25, -0.2) is 0 Å². The maximum Gasteiger partial charge on any atom is 0.303 e. The summed E-state index contributed by atoms with van der Waals surface area (Å²) in [4.78, 5) is 20.5. The predicted octanol–water partition coefficient (Wildman–Crippen LogP) is 2.38. The molecule has 0 bridgehead atoms. The molecule has 20 heavy (non-hydrogen) atoms. The molecule has 0 amide bonds. The van der Waals surface area contributed by atoms with E-state index in [9.17, 15) is 14.9 Å². The number of hydrogen-bond acceptors (Lipinski definition) is 5. The normalized spacial score (nSPS) is 11.4. The first-order valence-electron chi connectivity index (χ1n) is 6.08. The van der Waals surface area contributed by atoms with Gasteiger partial charge in [0.05, 0.1) is 16.2 Å². The monoisotopic (exact) mass is 277 g/mol. The maximum absolute atomic E-state index is 10.6. The lowest BCUT2D eigenvalue weighted by molar-refractivity contribution is -0.384. The van der Waals surface area contributed by atoms with Gasteiger partial charge >= 0.3 is 5.97 Å². The minimum atomic E-state index is -0.843. The van der Waals surface area contributed by atoms with E-state index in [-0.39, 0.29) is 23.6 Å². The van der Waals surface area contributed by atoms with E-state index in [0.717, 1.165) is 0 Å². The molecule has 2 N–H and O–H groups in total. The number of nitrogens with zero attached hydrogens (tertiary/aromatic N) is 2. The third-order valence-corrected chi connectivity index (χ3v) is 2.83. The number of aliphatic carboxylic acids is 1. The largest absolute Gasteiger partial charge is 0.481 e. The highest BCUT2D eigenvalue weighted by Crippen LogP contribution is 2.22. The molecule has 0 aliphatic carbocycles. The molecule has 0 saturated carbocycles. The minimum Gasteiger partial charge on any atom is -0.481 e. The molecule has 7 heteroatoms. The average Bonchev–Trinajstić information content (AvgIpc) is 2.42. The first-order chi connectivity index (χ1) is 9.43. The summed E-state index contributed by atoms with van der Waals surface area (Å²) in [7, 11) is 0. The Morgan fingerprint density at radius 1 is 1.60 bits per heavy atom. The molecular formula is C13H15N3O4. The van der Waals surface area contributed by atoms with Crippen molar-refractivity contribution < 1.29 is 14.8 Å². The summed E-state index contributed by atoms with van der Waals surface area (Å²) >= 11 is 0. The van der Waals surface area contributed by atoms with Crippen LogP contribution in [-0.2, 0) is 4.79 Å². The van der Waals surface area contributed by atoms with E-state index in [1.165, 1.54) is 18.2 Å². The first-order valence-corrected chi connectivity index (χ1v) is 6.08. The molecule has 0 saturated heterocycles. The number of carboxylic acids is 1. The maximum atomic E-state index is 10.6. The third kappa shape index (κ3) is 4.57. The van der Waals surface area contributed by atoms with Crippen molar-refractivity contribution in [2.75, 3.05) is 11.9 Å². The van der Waals surface area contributed by atoms with Gasteiger partial charge in [-0.15, -0.1) is 0 Å². The fourth-order valence-corrected chi connectivity index (χ4v) is 1.65. The highest BCUT2D eigenvalue weighted by molar-refractivity contribution is 5.66. The van der Waals surface area contributed by atoms with Gasteiger partial charge < -0.3 is 10.4 Å². The smallest absolute Gasteiger partial charge is 0.303 e. The Labute approximate surface area is 116 Å². The van der Waals surface area contributed by atoms with Crippen molar-refractivity contribution in [3.8, 4) is 6.07 Å². The standard InChI is InChI=1S/C13H15N3O4/c1-9(2-5-13(17)18)8-15-12-4-3-11(16(19)20)6-10(12)7-14/h3-4,6,9,15H,2,5,8H2,1H3,(H,17,18). The summed E-state index contributed by atoms with van der Waals surface area (Å²) in [5, 5.41) is 31.2. The number of carboxylic acid groups (broad SMARTS) is 1. The van der Waals surface area contributed by atoms with Crippen LogP contribution < -0.4 is 5.32 Å². The Hall–Kier alpha value is -2.62. The molecule has 7 nitrogen and oxygen atoms in total. The molecule has 0 fully saturated rings. The number of nitrogens with one attached hydrogen (secondary N) is 1. The molecule has 1 atom stereocenters. The second-order valence-electron chi connectivity index (χ2n) is 4.52. The van der Waals surface area contributed by atoms with Gasteiger partial charge in [0, 0.05) is 25.1 Å². The predicted molar refractivity (Wildman–Crippen MR) is 72.3 cm³/mol. The van der Waals surface area contributed by atoms with Crippen LogP contribution in [0.3, 0.4) is 0 Å². The van der Waals surface area contributed by atoms with Gasteiger partial charge in [0.1, 0.15) is 6.07 Å². The third-order valence-electron chi connectivity index (χ3n) is 2.83. The van der Waals surface area contributed by atoms with Crippen LogP contribution in [0.15, 0.2) is 18.2 Å².